The van der Waals surface area contributed by atoms with Gasteiger partial charge in [0.15, 0.2) is 0 Å². The lowest BCUT2D eigenvalue weighted by Gasteiger charge is -2.09. The van der Waals surface area contributed by atoms with Gasteiger partial charge in [-0.2, -0.15) is 11.8 Å². The van der Waals surface area contributed by atoms with E-state index in [1.54, 1.807) is 25.1 Å². The number of carboxylic acids is 1. The number of carboxylic acid groups (broad SMARTS) is 1. The Bertz CT molecular complexity index is 462. The summed E-state index contributed by atoms with van der Waals surface area (Å²) in [5, 5.41) is 12.0. The number of aliphatic carboxylic acids is 1. The summed E-state index contributed by atoms with van der Waals surface area (Å²) in [5.74, 6) is -1.10. The van der Waals surface area contributed by atoms with E-state index in [1.807, 2.05) is 0 Å². The largest absolute Gasteiger partial charge is 0.481 e. The summed E-state index contributed by atoms with van der Waals surface area (Å²) in [5.41, 5.74) is 0.378. The van der Waals surface area contributed by atoms with Crippen molar-refractivity contribution in [3.05, 3.63) is 28.2 Å². The molecule has 0 saturated heterocycles. The molecule has 0 aromatic heterocycles. The number of hydrogen-bond donors (Lipinski definition) is 2. The second kappa shape index (κ2) is 7.62. The van der Waals surface area contributed by atoms with E-state index in [0.29, 0.717) is 21.5 Å². The van der Waals surface area contributed by atoms with E-state index in [2.05, 4.69) is 5.32 Å². The number of para-hydroxylation sites is 1. The Balaban J connectivity index is 2.46. The van der Waals surface area contributed by atoms with Gasteiger partial charge >= 0.3 is 5.97 Å². The molecule has 1 aromatic carbocycles. The maximum absolute atomic E-state index is 11.7. The lowest BCUT2D eigenvalue weighted by molar-refractivity contribution is -0.140. The number of halogens is 2. The Morgan fingerprint density at radius 2 is 1.95 bits per heavy atom. The summed E-state index contributed by atoms with van der Waals surface area (Å²) in [7, 11) is 0. The van der Waals surface area contributed by atoms with Crippen LogP contribution < -0.4 is 5.32 Å². The number of carbonyl (C=O) groups is 2. The lowest BCUT2D eigenvalue weighted by atomic mass is 10.2. The van der Waals surface area contributed by atoms with Crippen molar-refractivity contribution in [2.75, 3.05) is 16.8 Å². The molecule has 0 aliphatic heterocycles. The molecule has 4 nitrogen and oxygen atoms in total. The van der Waals surface area contributed by atoms with Crippen LogP contribution >= 0.6 is 35.0 Å². The molecule has 104 valence electrons. The monoisotopic (exact) mass is 321 g/mol. The zero-order valence-electron chi connectivity index (χ0n) is 10.2. The highest BCUT2D eigenvalue weighted by Gasteiger charge is 2.13. The molecule has 1 amide bonds. The molecule has 2 N–H and O–H groups in total. The zero-order chi connectivity index (χ0) is 14.4. The molecule has 1 rings (SSSR count). The first kappa shape index (κ1) is 16.1. The molecular weight excluding hydrogens is 309 g/mol. The van der Waals surface area contributed by atoms with Crippen molar-refractivity contribution < 1.29 is 14.7 Å². The van der Waals surface area contributed by atoms with Gasteiger partial charge in [-0.05, 0) is 12.1 Å². The van der Waals surface area contributed by atoms with E-state index in [9.17, 15) is 9.59 Å². The quantitative estimate of drug-likeness (QED) is 0.842. The minimum absolute atomic E-state index is 0.152. The average molecular weight is 322 g/mol. The highest BCUT2D eigenvalue weighted by atomic mass is 35.5. The van der Waals surface area contributed by atoms with Crippen LogP contribution in [0.25, 0.3) is 0 Å². The topological polar surface area (TPSA) is 66.4 Å². The molecule has 1 atom stereocenters. The van der Waals surface area contributed by atoms with E-state index < -0.39 is 11.9 Å². The number of anilines is 1. The smallest absolute Gasteiger partial charge is 0.307 e. The van der Waals surface area contributed by atoms with Gasteiger partial charge in [0, 0.05) is 5.75 Å². The van der Waals surface area contributed by atoms with E-state index in [0.717, 1.165) is 0 Å². The van der Waals surface area contributed by atoms with Crippen LogP contribution in [0, 0.1) is 5.92 Å². The second-order valence-corrected chi connectivity index (χ2v) is 5.74. The van der Waals surface area contributed by atoms with Crippen molar-refractivity contribution in [2.24, 2.45) is 5.92 Å². The Kier molecular flexibility index (Phi) is 6.48. The average Bonchev–Trinajstić information content (AvgIpc) is 2.33. The molecular formula is C12H13Cl2NO3S. The minimum atomic E-state index is -0.873. The third-order valence-electron chi connectivity index (χ3n) is 2.25. The number of carbonyl (C=O) groups excluding carboxylic acids is 1. The standard InChI is InChI=1S/C12H13Cl2NO3S/c1-7(12(17)18)5-19-6-10(16)15-11-8(13)3-2-4-9(11)14/h2-4,7H,5-6H2,1H3,(H,15,16)(H,17,18). The third kappa shape index (κ3) is 5.30. The van der Waals surface area contributed by atoms with Gasteiger partial charge in [-0.15, -0.1) is 0 Å². The fourth-order valence-electron chi connectivity index (χ4n) is 1.19. The van der Waals surface area contributed by atoms with Crippen LogP contribution in [0.2, 0.25) is 10.0 Å². The molecule has 1 aromatic rings. The van der Waals surface area contributed by atoms with Crippen molar-refractivity contribution in [3.63, 3.8) is 0 Å². The number of rotatable bonds is 6. The highest BCUT2D eigenvalue weighted by molar-refractivity contribution is 8.00. The SMILES string of the molecule is CC(CSCC(=O)Nc1c(Cl)cccc1Cl)C(=O)O. The normalized spacial score (nSPS) is 11.9. The molecule has 0 fully saturated rings. The van der Waals surface area contributed by atoms with Gasteiger partial charge in [0.05, 0.1) is 27.4 Å². The van der Waals surface area contributed by atoms with Gasteiger partial charge in [-0.25, -0.2) is 0 Å². The van der Waals surface area contributed by atoms with Gasteiger partial charge in [-0.1, -0.05) is 36.2 Å². The van der Waals surface area contributed by atoms with E-state index in [4.69, 9.17) is 28.3 Å². The summed E-state index contributed by atoms with van der Waals surface area (Å²) in [6, 6.07) is 4.94. The number of thioether (sulfide) groups is 1. The van der Waals surface area contributed by atoms with Crippen LogP contribution in [0.1, 0.15) is 6.92 Å². The van der Waals surface area contributed by atoms with Crippen LogP contribution in [-0.2, 0) is 9.59 Å². The predicted octanol–water partition coefficient (Wildman–Crippen LogP) is 3.39. The maximum Gasteiger partial charge on any atom is 0.307 e. The minimum Gasteiger partial charge on any atom is -0.481 e. The van der Waals surface area contributed by atoms with Crippen molar-refractivity contribution in [1.82, 2.24) is 0 Å². The molecule has 0 aliphatic carbocycles. The van der Waals surface area contributed by atoms with Crippen molar-refractivity contribution in [3.8, 4) is 0 Å². The summed E-state index contributed by atoms with van der Waals surface area (Å²) in [6.45, 7) is 1.60. The molecule has 1 unspecified atom stereocenters. The molecule has 0 aliphatic rings. The summed E-state index contributed by atoms with van der Waals surface area (Å²) < 4.78 is 0. The van der Waals surface area contributed by atoms with Crippen LogP contribution in [0.15, 0.2) is 18.2 Å². The maximum atomic E-state index is 11.7. The van der Waals surface area contributed by atoms with Crippen LogP contribution in [0.3, 0.4) is 0 Å². The van der Waals surface area contributed by atoms with Crippen LogP contribution in [0.4, 0.5) is 5.69 Å². The fourth-order valence-corrected chi connectivity index (χ4v) is 2.56. The van der Waals surface area contributed by atoms with Gasteiger partial charge in [0.1, 0.15) is 0 Å². The first-order chi connectivity index (χ1) is 8.91. The number of nitrogens with one attached hydrogen (secondary N) is 1. The number of benzene rings is 1. The van der Waals surface area contributed by atoms with Crippen molar-refractivity contribution in [2.45, 2.75) is 6.92 Å². The third-order valence-corrected chi connectivity index (χ3v) is 4.08. The first-order valence-corrected chi connectivity index (χ1v) is 7.37. The number of amides is 1. The predicted molar refractivity (Wildman–Crippen MR) is 79.2 cm³/mol. The lowest BCUT2D eigenvalue weighted by Crippen LogP contribution is -2.17. The molecule has 0 bridgehead atoms. The molecule has 0 radical (unpaired) electrons. The van der Waals surface area contributed by atoms with Crippen molar-refractivity contribution >= 4 is 52.5 Å². The van der Waals surface area contributed by atoms with Crippen LogP contribution in [0.5, 0.6) is 0 Å². The molecule has 19 heavy (non-hydrogen) atoms. The highest BCUT2D eigenvalue weighted by Crippen LogP contribution is 2.29. The fraction of sp³-hybridized carbons (Fsp3) is 0.333. The van der Waals surface area contributed by atoms with Gasteiger partial charge in [0.2, 0.25) is 5.91 Å². The van der Waals surface area contributed by atoms with E-state index in [1.165, 1.54) is 11.8 Å². The molecule has 0 heterocycles. The summed E-state index contributed by atoms with van der Waals surface area (Å²) in [4.78, 5) is 22.3. The Morgan fingerprint density at radius 3 is 2.47 bits per heavy atom. The molecule has 0 saturated carbocycles. The summed E-state index contributed by atoms with van der Waals surface area (Å²) in [6.07, 6.45) is 0. The van der Waals surface area contributed by atoms with Gasteiger partial charge < -0.3 is 10.4 Å². The Morgan fingerprint density at radius 1 is 1.37 bits per heavy atom. The van der Waals surface area contributed by atoms with E-state index in [-0.39, 0.29) is 11.7 Å². The second-order valence-electron chi connectivity index (χ2n) is 3.90. The van der Waals surface area contributed by atoms with Gasteiger partial charge in [-0.3, -0.25) is 9.59 Å². The Hall–Kier alpha value is -0.910. The van der Waals surface area contributed by atoms with Crippen molar-refractivity contribution in [1.29, 1.82) is 0 Å². The number of hydrogen-bond acceptors (Lipinski definition) is 3. The Labute approximate surface area is 125 Å². The molecule has 7 heteroatoms. The first-order valence-electron chi connectivity index (χ1n) is 5.46. The van der Waals surface area contributed by atoms with Crippen LogP contribution in [-0.4, -0.2) is 28.5 Å². The zero-order valence-corrected chi connectivity index (χ0v) is 12.5. The summed E-state index contributed by atoms with van der Waals surface area (Å²) >= 11 is 13.1. The van der Waals surface area contributed by atoms with Gasteiger partial charge in [0.25, 0.3) is 0 Å². The molecule has 0 spiro atoms. The van der Waals surface area contributed by atoms with E-state index >= 15 is 0 Å².